The minimum Gasteiger partial charge on any atom is -0.494 e. The van der Waals surface area contributed by atoms with E-state index >= 15 is 0 Å². The number of nitrogens with zero attached hydrogens (tertiary/aromatic N) is 1. The van der Waals surface area contributed by atoms with Gasteiger partial charge in [-0.25, -0.2) is 0 Å². The lowest BCUT2D eigenvalue weighted by atomic mass is 10.0. The van der Waals surface area contributed by atoms with Crippen molar-refractivity contribution in [2.45, 2.75) is 65.2 Å². The highest BCUT2D eigenvalue weighted by molar-refractivity contribution is 5.89. The van der Waals surface area contributed by atoms with Crippen molar-refractivity contribution in [1.29, 1.82) is 5.26 Å². The highest BCUT2D eigenvalue weighted by Gasteiger charge is 2.03. The summed E-state index contributed by atoms with van der Waals surface area (Å²) in [4.78, 5) is 0. The van der Waals surface area contributed by atoms with E-state index in [0.29, 0.717) is 5.57 Å². The quantitative estimate of drug-likeness (QED) is 0.219. The molecule has 0 unspecified atom stereocenters. The van der Waals surface area contributed by atoms with Crippen LogP contribution in [0.15, 0.2) is 48.5 Å². The van der Waals surface area contributed by atoms with Gasteiger partial charge in [-0.2, -0.15) is 5.26 Å². The Morgan fingerprint density at radius 3 is 2.18 bits per heavy atom. The second-order valence-electron chi connectivity index (χ2n) is 7.30. The van der Waals surface area contributed by atoms with Crippen molar-refractivity contribution in [3.63, 3.8) is 0 Å². The third kappa shape index (κ3) is 7.61. The van der Waals surface area contributed by atoms with E-state index in [4.69, 9.17) is 4.74 Å². The maximum atomic E-state index is 9.58. The lowest BCUT2D eigenvalue weighted by molar-refractivity contribution is 0.309. The molecule has 148 valence electrons. The van der Waals surface area contributed by atoms with Crippen molar-refractivity contribution in [3.05, 3.63) is 65.2 Å². The zero-order chi connectivity index (χ0) is 20.0. The molecule has 28 heavy (non-hydrogen) atoms. The maximum Gasteiger partial charge on any atom is 0.119 e. The number of unbranched alkanes of at least 4 members (excludes halogenated alkanes) is 5. The summed E-state index contributed by atoms with van der Waals surface area (Å²) in [5, 5.41) is 9.58. The van der Waals surface area contributed by atoms with Crippen molar-refractivity contribution < 1.29 is 4.74 Å². The Balaban J connectivity index is 1.95. The molecule has 0 radical (unpaired) electrons. The highest BCUT2D eigenvalue weighted by atomic mass is 16.5. The van der Waals surface area contributed by atoms with Gasteiger partial charge >= 0.3 is 0 Å². The van der Waals surface area contributed by atoms with Crippen molar-refractivity contribution >= 4 is 11.6 Å². The smallest absolute Gasteiger partial charge is 0.119 e. The molecular weight excluding hydrogens is 342 g/mol. The van der Waals surface area contributed by atoms with Gasteiger partial charge in [0.05, 0.1) is 18.2 Å². The lowest BCUT2D eigenvalue weighted by Crippen LogP contribution is -1.96. The molecule has 0 aliphatic rings. The van der Waals surface area contributed by atoms with Gasteiger partial charge < -0.3 is 4.74 Å². The van der Waals surface area contributed by atoms with Crippen LogP contribution in [-0.4, -0.2) is 6.61 Å². The Hall–Kier alpha value is -2.53. The van der Waals surface area contributed by atoms with Crippen molar-refractivity contribution in [2.75, 3.05) is 6.61 Å². The first-order chi connectivity index (χ1) is 13.8. The minimum atomic E-state index is 0.674. The van der Waals surface area contributed by atoms with Crippen LogP contribution in [0.4, 0.5) is 0 Å². The molecule has 2 rings (SSSR count). The lowest BCUT2D eigenvalue weighted by Gasteiger charge is -2.06. The third-order valence-corrected chi connectivity index (χ3v) is 4.91. The molecule has 2 nitrogen and oxygen atoms in total. The van der Waals surface area contributed by atoms with Gasteiger partial charge in [-0.05, 0) is 66.3 Å². The monoisotopic (exact) mass is 375 g/mol. The first kappa shape index (κ1) is 21.8. The summed E-state index contributed by atoms with van der Waals surface area (Å²) >= 11 is 0. The minimum absolute atomic E-state index is 0.674. The summed E-state index contributed by atoms with van der Waals surface area (Å²) < 4.78 is 5.70. The van der Waals surface area contributed by atoms with E-state index in [2.05, 4.69) is 44.2 Å². The van der Waals surface area contributed by atoms with Crippen LogP contribution in [0.25, 0.3) is 11.6 Å². The molecule has 0 aliphatic heterocycles. The third-order valence-electron chi connectivity index (χ3n) is 4.91. The number of hydrogen-bond donors (Lipinski definition) is 0. The molecular formula is C26H33NO. The molecule has 0 heterocycles. The van der Waals surface area contributed by atoms with Gasteiger partial charge in [0.25, 0.3) is 0 Å². The normalized spacial score (nSPS) is 11.2. The second-order valence-corrected chi connectivity index (χ2v) is 7.30. The molecule has 0 atom stereocenters. The molecule has 2 heteroatoms. The fourth-order valence-electron chi connectivity index (χ4n) is 3.13. The Morgan fingerprint density at radius 1 is 0.857 bits per heavy atom. The second kappa shape index (κ2) is 12.8. The van der Waals surface area contributed by atoms with Gasteiger partial charge in [0.15, 0.2) is 0 Å². The fraction of sp³-hybridized carbons (Fsp3) is 0.423. The molecule has 0 bridgehead atoms. The molecule has 0 spiro atoms. The van der Waals surface area contributed by atoms with Crippen LogP contribution in [0.3, 0.4) is 0 Å². The van der Waals surface area contributed by atoms with Crippen LogP contribution >= 0.6 is 0 Å². The summed E-state index contributed by atoms with van der Waals surface area (Å²) in [7, 11) is 0. The summed E-state index contributed by atoms with van der Waals surface area (Å²) in [6.07, 6.45) is 11.8. The number of hydrogen-bond acceptors (Lipinski definition) is 2. The molecule has 0 amide bonds. The number of allylic oxidation sites excluding steroid dienone is 1. The first-order valence-electron chi connectivity index (χ1n) is 10.7. The van der Waals surface area contributed by atoms with Gasteiger partial charge in [0.2, 0.25) is 0 Å². The van der Waals surface area contributed by atoms with E-state index in [-0.39, 0.29) is 0 Å². The molecule has 0 saturated carbocycles. The summed E-state index contributed by atoms with van der Waals surface area (Å²) in [5.74, 6) is 0.859. The number of nitriles is 1. The summed E-state index contributed by atoms with van der Waals surface area (Å²) in [6, 6.07) is 18.7. The van der Waals surface area contributed by atoms with Gasteiger partial charge in [0, 0.05) is 0 Å². The van der Waals surface area contributed by atoms with E-state index in [1.807, 2.05) is 30.3 Å². The molecule has 0 fully saturated rings. The Kier molecular flexibility index (Phi) is 9.94. The average Bonchev–Trinajstić information content (AvgIpc) is 2.74. The van der Waals surface area contributed by atoms with Gasteiger partial charge in [-0.15, -0.1) is 0 Å². The molecule has 0 aromatic heterocycles. The van der Waals surface area contributed by atoms with E-state index < -0.39 is 0 Å². The van der Waals surface area contributed by atoms with E-state index in [1.54, 1.807) is 0 Å². The molecule has 0 N–H and O–H groups in total. The molecule has 2 aromatic carbocycles. The molecule has 0 saturated heterocycles. The van der Waals surface area contributed by atoms with Gasteiger partial charge in [0.1, 0.15) is 5.75 Å². The predicted molar refractivity (Wildman–Crippen MR) is 119 cm³/mol. The van der Waals surface area contributed by atoms with Crippen LogP contribution in [0, 0.1) is 11.3 Å². The van der Waals surface area contributed by atoms with Crippen molar-refractivity contribution in [1.82, 2.24) is 0 Å². The molecule has 0 aliphatic carbocycles. The summed E-state index contributed by atoms with van der Waals surface area (Å²) in [6.45, 7) is 5.13. The largest absolute Gasteiger partial charge is 0.494 e. The Bertz CT molecular complexity index is 751. The van der Waals surface area contributed by atoms with Gasteiger partial charge in [-0.3, -0.25) is 0 Å². The number of aryl methyl sites for hydroxylation is 1. The van der Waals surface area contributed by atoms with Crippen molar-refractivity contribution in [3.8, 4) is 11.8 Å². The van der Waals surface area contributed by atoms with Gasteiger partial charge in [-0.1, -0.05) is 70.2 Å². The summed E-state index contributed by atoms with van der Waals surface area (Å²) in [5.41, 5.74) is 4.04. The molecule has 2 aromatic rings. The fourth-order valence-corrected chi connectivity index (χ4v) is 3.13. The van der Waals surface area contributed by atoms with Crippen LogP contribution in [0.5, 0.6) is 5.75 Å². The van der Waals surface area contributed by atoms with Crippen LogP contribution in [0.1, 0.15) is 75.5 Å². The maximum absolute atomic E-state index is 9.58. The van der Waals surface area contributed by atoms with E-state index in [0.717, 1.165) is 42.7 Å². The number of benzene rings is 2. The van der Waals surface area contributed by atoms with E-state index in [1.165, 1.54) is 37.7 Å². The average molecular weight is 376 g/mol. The van der Waals surface area contributed by atoms with E-state index in [9.17, 15) is 5.26 Å². The number of rotatable bonds is 12. The number of ether oxygens (including phenoxy) is 1. The standard InChI is InChI=1S/C26H33NO/c1-3-5-7-8-9-10-22-11-13-23(14-12-22)20-25(21-27)24-15-17-26(18-16-24)28-19-6-4-2/h11-18,20H,3-10,19H2,1-2H3. The first-order valence-corrected chi connectivity index (χ1v) is 10.7. The Labute approximate surface area is 170 Å². The highest BCUT2D eigenvalue weighted by Crippen LogP contribution is 2.21. The zero-order valence-electron chi connectivity index (χ0n) is 17.4. The Morgan fingerprint density at radius 2 is 1.54 bits per heavy atom. The zero-order valence-corrected chi connectivity index (χ0v) is 17.4. The van der Waals surface area contributed by atoms with Crippen molar-refractivity contribution in [2.24, 2.45) is 0 Å². The van der Waals surface area contributed by atoms with Crippen LogP contribution in [0.2, 0.25) is 0 Å². The topological polar surface area (TPSA) is 33.0 Å². The SMILES string of the molecule is CCCCCCCc1ccc(C=C(C#N)c2ccc(OCCCC)cc2)cc1. The van der Waals surface area contributed by atoms with Crippen LogP contribution < -0.4 is 4.74 Å². The van der Waals surface area contributed by atoms with Crippen LogP contribution in [-0.2, 0) is 6.42 Å². The predicted octanol–water partition coefficient (Wildman–Crippen LogP) is 7.44.